The van der Waals surface area contributed by atoms with Gasteiger partial charge in [-0.15, -0.1) is 0 Å². The van der Waals surface area contributed by atoms with E-state index in [0.29, 0.717) is 12.1 Å². The number of fused-ring (bicyclic) bond motifs is 1. The summed E-state index contributed by atoms with van der Waals surface area (Å²) in [5, 5.41) is 0. The molecule has 1 unspecified atom stereocenters. The van der Waals surface area contributed by atoms with E-state index in [0.717, 1.165) is 5.75 Å². The first-order valence-electron chi connectivity index (χ1n) is 7.44. The average molecular weight is 404 g/mol. The second-order valence-electron chi connectivity index (χ2n) is 5.76. The molecule has 2 aromatic carbocycles. The van der Waals surface area contributed by atoms with Crippen molar-refractivity contribution in [3.8, 4) is 5.75 Å². The summed E-state index contributed by atoms with van der Waals surface area (Å²) >= 11 is 2.34. The lowest BCUT2D eigenvalue weighted by Gasteiger charge is -2.09. The molecule has 0 radical (unpaired) electrons. The zero-order valence-corrected chi connectivity index (χ0v) is 14.7. The van der Waals surface area contributed by atoms with Gasteiger partial charge >= 0.3 is 0 Å². The lowest BCUT2D eigenvalue weighted by molar-refractivity contribution is 0.412. The molecule has 0 saturated carbocycles. The molecule has 22 heavy (non-hydrogen) atoms. The molecule has 0 bridgehead atoms. The number of aliphatic imine (C=N–C) groups is 1. The van der Waals surface area contributed by atoms with Crippen molar-refractivity contribution in [1.82, 2.24) is 4.90 Å². The van der Waals surface area contributed by atoms with Crippen molar-refractivity contribution in [2.24, 2.45) is 4.99 Å². The summed E-state index contributed by atoms with van der Waals surface area (Å²) in [7, 11) is 1.70. The van der Waals surface area contributed by atoms with Gasteiger partial charge in [0.2, 0.25) is 0 Å². The molecular weight excluding hydrogens is 387 g/mol. The van der Waals surface area contributed by atoms with Crippen LogP contribution in [0.3, 0.4) is 0 Å². The van der Waals surface area contributed by atoms with E-state index < -0.39 is 0 Å². The number of methoxy groups -OCH3 is 1. The molecule has 0 N–H and O–H groups in total. The van der Waals surface area contributed by atoms with Crippen LogP contribution in [0, 0.1) is 3.57 Å². The summed E-state index contributed by atoms with van der Waals surface area (Å²) in [6.07, 6.45) is 0.256. The quantitative estimate of drug-likeness (QED) is 0.573. The highest BCUT2D eigenvalue weighted by atomic mass is 127. The molecule has 4 atom stereocenters. The molecule has 2 heterocycles. The Morgan fingerprint density at radius 1 is 1.00 bits per heavy atom. The number of benzene rings is 2. The third kappa shape index (κ3) is 2.25. The minimum absolute atomic E-state index is 0.256. The minimum Gasteiger partial charge on any atom is -0.497 e. The van der Waals surface area contributed by atoms with Gasteiger partial charge in [0.1, 0.15) is 11.9 Å². The predicted molar refractivity (Wildman–Crippen MR) is 96.5 cm³/mol. The molecule has 2 aromatic rings. The summed E-state index contributed by atoms with van der Waals surface area (Å²) in [6, 6.07) is 17.9. The molecule has 4 heteroatoms. The maximum Gasteiger partial charge on any atom is 0.118 e. The van der Waals surface area contributed by atoms with Gasteiger partial charge in [-0.3, -0.25) is 9.89 Å². The highest BCUT2D eigenvalue weighted by Crippen LogP contribution is 2.50. The Morgan fingerprint density at radius 3 is 2.32 bits per heavy atom. The van der Waals surface area contributed by atoms with E-state index in [4.69, 9.17) is 9.73 Å². The zero-order valence-electron chi connectivity index (χ0n) is 12.5. The van der Waals surface area contributed by atoms with E-state index in [1.165, 1.54) is 20.4 Å². The molecule has 3 nitrogen and oxygen atoms in total. The number of hydrogen-bond donors (Lipinski definition) is 0. The SMILES string of the molecule is COc1ccc([C@@H]2[C@H]3C(c4ccc(I)cc4)=N[C@@H](C)N32)cc1. The Kier molecular flexibility index (Phi) is 3.46. The normalized spacial score (nSPS) is 29.0. The van der Waals surface area contributed by atoms with E-state index in [2.05, 4.69) is 70.8 Å². The van der Waals surface area contributed by atoms with Crippen LogP contribution in [0.5, 0.6) is 5.75 Å². The van der Waals surface area contributed by atoms with Crippen LogP contribution in [-0.4, -0.2) is 29.9 Å². The van der Waals surface area contributed by atoms with Crippen LogP contribution in [0.4, 0.5) is 0 Å². The van der Waals surface area contributed by atoms with Crippen LogP contribution in [0.15, 0.2) is 53.5 Å². The van der Waals surface area contributed by atoms with Gasteiger partial charge in [-0.05, 0) is 64.9 Å². The lowest BCUT2D eigenvalue weighted by atomic mass is 10.0. The molecule has 0 spiro atoms. The molecule has 1 fully saturated rings. The number of nitrogens with zero attached hydrogens (tertiary/aromatic N) is 2. The second kappa shape index (κ2) is 5.35. The molecule has 0 aliphatic carbocycles. The average Bonchev–Trinajstić information content (AvgIpc) is 3.20. The van der Waals surface area contributed by atoms with Crippen molar-refractivity contribution < 1.29 is 4.74 Å². The molecule has 2 aliphatic heterocycles. The van der Waals surface area contributed by atoms with Crippen molar-refractivity contribution in [1.29, 1.82) is 0 Å². The molecule has 2 aliphatic rings. The van der Waals surface area contributed by atoms with Crippen molar-refractivity contribution in [2.45, 2.75) is 25.2 Å². The maximum atomic E-state index is 5.25. The first-order valence-corrected chi connectivity index (χ1v) is 8.52. The van der Waals surface area contributed by atoms with Gasteiger partial charge in [0.15, 0.2) is 0 Å². The fourth-order valence-electron chi connectivity index (χ4n) is 3.37. The summed E-state index contributed by atoms with van der Waals surface area (Å²) in [4.78, 5) is 7.31. The molecule has 0 aromatic heterocycles. The van der Waals surface area contributed by atoms with Gasteiger partial charge in [0, 0.05) is 3.57 Å². The van der Waals surface area contributed by atoms with Crippen molar-refractivity contribution in [2.75, 3.05) is 7.11 Å². The first kappa shape index (κ1) is 14.2. The summed E-state index contributed by atoms with van der Waals surface area (Å²) in [5.74, 6) is 0.907. The molecule has 1 saturated heterocycles. The topological polar surface area (TPSA) is 24.6 Å². The van der Waals surface area contributed by atoms with Gasteiger partial charge in [-0.25, -0.2) is 0 Å². The fourth-order valence-corrected chi connectivity index (χ4v) is 3.73. The van der Waals surface area contributed by atoms with Gasteiger partial charge in [-0.2, -0.15) is 0 Å². The van der Waals surface area contributed by atoms with Gasteiger partial charge in [-0.1, -0.05) is 24.3 Å². The van der Waals surface area contributed by atoms with Gasteiger partial charge in [0.05, 0.1) is 24.9 Å². The Morgan fingerprint density at radius 2 is 1.68 bits per heavy atom. The number of ether oxygens (including phenoxy) is 1. The monoisotopic (exact) mass is 404 g/mol. The fraction of sp³-hybridized carbons (Fsp3) is 0.278. The second-order valence-corrected chi connectivity index (χ2v) is 7.01. The number of hydrogen-bond acceptors (Lipinski definition) is 3. The smallest absolute Gasteiger partial charge is 0.118 e. The Balaban J connectivity index is 1.62. The summed E-state index contributed by atoms with van der Waals surface area (Å²) in [5.41, 5.74) is 3.82. The van der Waals surface area contributed by atoms with Crippen LogP contribution in [-0.2, 0) is 0 Å². The van der Waals surface area contributed by atoms with E-state index in [9.17, 15) is 0 Å². The van der Waals surface area contributed by atoms with Crippen molar-refractivity contribution in [3.63, 3.8) is 0 Å². The Labute approximate surface area is 144 Å². The zero-order chi connectivity index (χ0) is 15.3. The van der Waals surface area contributed by atoms with Crippen molar-refractivity contribution >= 4 is 28.3 Å². The Bertz CT molecular complexity index is 724. The Hall–Kier alpha value is -1.40. The highest BCUT2D eigenvalue weighted by Gasteiger charge is 2.57. The standard InChI is InChI=1S/C18H17IN2O/c1-11-20-16(12-3-7-14(19)8-4-12)18-17(21(11)18)13-5-9-15(22-2)10-6-13/h3-11,17-18H,1-2H3/t11-,17-,18-,21?/m1/s1. The molecule has 112 valence electrons. The third-order valence-electron chi connectivity index (χ3n) is 4.49. The van der Waals surface area contributed by atoms with Crippen LogP contribution < -0.4 is 4.74 Å². The molecule has 0 amide bonds. The molecule has 4 rings (SSSR count). The lowest BCUT2D eigenvalue weighted by Crippen LogP contribution is -2.09. The van der Waals surface area contributed by atoms with Gasteiger partial charge in [0.25, 0.3) is 0 Å². The van der Waals surface area contributed by atoms with E-state index in [1.54, 1.807) is 7.11 Å². The summed E-state index contributed by atoms with van der Waals surface area (Å²) in [6.45, 7) is 2.18. The van der Waals surface area contributed by atoms with Crippen LogP contribution in [0.2, 0.25) is 0 Å². The maximum absolute atomic E-state index is 5.25. The summed E-state index contributed by atoms with van der Waals surface area (Å²) < 4.78 is 6.50. The van der Waals surface area contributed by atoms with Gasteiger partial charge < -0.3 is 4.74 Å². The van der Waals surface area contributed by atoms with Crippen LogP contribution >= 0.6 is 22.6 Å². The third-order valence-corrected chi connectivity index (χ3v) is 5.21. The highest BCUT2D eigenvalue weighted by molar-refractivity contribution is 14.1. The first-order chi connectivity index (χ1) is 10.7. The minimum atomic E-state index is 0.256. The predicted octanol–water partition coefficient (Wildman–Crippen LogP) is 3.87. The van der Waals surface area contributed by atoms with E-state index >= 15 is 0 Å². The number of halogens is 1. The van der Waals surface area contributed by atoms with E-state index in [1.807, 2.05) is 12.1 Å². The number of rotatable bonds is 3. The van der Waals surface area contributed by atoms with Crippen molar-refractivity contribution in [3.05, 3.63) is 63.2 Å². The van der Waals surface area contributed by atoms with Crippen LogP contribution in [0.1, 0.15) is 24.1 Å². The molecular formula is C18H17IN2O. The van der Waals surface area contributed by atoms with Crippen LogP contribution in [0.25, 0.3) is 0 Å². The largest absolute Gasteiger partial charge is 0.497 e. The van der Waals surface area contributed by atoms with E-state index in [-0.39, 0.29) is 6.17 Å².